The SMILES string of the molecule is Cn1cnnc1CNCC(F)(F)CO. The zero-order chi connectivity index (χ0) is 10.6. The van der Waals surface area contributed by atoms with Crippen LogP contribution in [0.3, 0.4) is 0 Å². The number of nitrogens with one attached hydrogen (secondary N) is 1. The number of hydrogen-bond acceptors (Lipinski definition) is 4. The van der Waals surface area contributed by atoms with E-state index in [1.165, 1.54) is 6.33 Å². The van der Waals surface area contributed by atoms with Gasteiger partial charge in [0.2, 0.25) is 0 Å². The van der Waals surface area contributed by atoms with E-state index in [9.17, 15) is 8.78 Å². The minimum Gasteiger partial charge on any atom is -0.390 e. The molecule has 0 aliphatic heterocycles. The third kappa shape index (κ3) is 3.00. The van der Waals surface area contributed by atoms with Gasteiger partial charge in [-0.25, -0.2) is 8.78 Å². The fourth-order valence-corrected chi connectivity index (χ4v) is 0.880. The highest BCUT2D eigenvalue weighted by Crippen LogP contribution is 2.09. The Morgan fingerprint density at radius 2 is 2.36 bits per heavy atom. The fraction of sp³-hybridized carbons (Fsp3) is 0.714. The Balaban J connectivity index is 2.32. The Morgan fingerprint density at radius 3 is 2.86 bits per heavy atom. The van der Waals surface area contributed by atoms with Gasteiger partial charge in [0, 0.05) is 7.05 Å². The molecule has 7 heteroatoms. The zero-order valence-electron chi connectivity index (χ0n) is 7.74. The summed E-state index contributed by atoms with van der Waals surface area (Å²) in [4.78, 5) is 0. The molecule has 0 bridgehead atoms. The summed E-state index contributed by atoms with van der Waals surface area (Å²) in [7, 11) is 1.72. The molecule has 1 rings (SSSR count). The maximum atomic E-state index is 12.5. The van der Waals surface area contributed by atoms with Crippen LogP contribution in [0.1, 0.15) is 5.82 Å². The van der Waals surface area contributed by atoms with Gasteiger partial charge in [-0.2, -0.15) is 0 Å². The summed E-state index contributed by atoms with van der Waals surface area (Å²) in [6, 6.07) is 0. The van der Waals surface area contributed by atoms with Crippen LogP contribution in [-0.2, 0) is 13.6 Å². The van der Waals surface area contributed by atoms with Crippen molar-refractivity contribution in [2.75, 3.05) is 13.2 Å². The highest BCUT2D eigenvalue weighted by atomic mass is 19.3. The van der Waals surface area contributed by atoms with Gasteiger partial charge in [-0.15, -0.1) is 10.2 Å². The summed E-state index contributed by atoms with van der Waals surface area (Å²) in [6.07, 6.45) is 1.49. The molecule has 0 aliphatic carbocycles. The van der Waals surface area contributed by atoms with Crippen LogP contribution in [0.15, 0.2) is 6.33 Å². The van der Waals surface area contributed by atoms with Crippen molar-refractivity contribution in [3.05, 3.63) is 12.2 Å². The summed E-state index contributed by atoms with van der Waals surface area (Å²) in [5.74, 6) is -2.52. The van der Waals surface area contributed by atoms with Crippen molar-refractivity contribution < 1.29 is 13.9 Å². The van der Waals surface area contributed by atoms with Gasteiger partial charge in [-0.05, 0) is 0 Å². The third-order valence-corrected chi connectivity index (χ3v) is 1.70. The standard InChI is InChI=1S/C7H12F2N4O/c1-13-5-11-12-6(13)2-10-3-7(8,9)4-14/h5,10,14H,2-4H2,1H3. The second-order valence-corrected chi connectivity index (χ2v) is 2.98. The average molecular weight is 206 g/mol. The molecule has 1 heterocycles. The molecule has 0 fully saturated rings. The number of alkyl halides is 2. The van der Waals surface area contributed by atoms with Gasteiger partial charge in [0.25, 0.3) is 5.92 Å². The van der Waals surface area contributed by atoms with E-state index in [-0.39, 0.29) is 6.54 Å². The molecular weight excluding hydrogens is 194 g/mol. The van der Waals surface area contributed by atoms with Crippen LogP contribution in [-0.4, -0.2) is 38.9 Å². The molecule has 0 atom stereocenters. The second-order valence-electron chi connectivity index (χ2n) is 2.98. The van der Waals surface area contributed by atoms with Gasteiger partial charge in [-0.3, -0.25) is 0 Å². The van der Waals surface area contributed by atoms with Gasteiger partial charge in [0.05, 0.1) is 13.1 Å². The number of nitrogens with zero attached hydrogens (tertiary/aromatic N) is 3. The normalized spacial score (nSPS) is 12.0. The summed E-state index contributed by atoms with van der Waals surface area (Å²) < 4.78 is 26.7. The molecule has 0 saturated carbocycles. The van der Waals surface area contributed by atoms with Crippen LogP contribution < -0.4 is 5.32 Å². The molecule has 0 amide bonds. The molecular formula is C7H12F2N4O. The molecule has 1 aromatic heterocycles. The number of hydrogen-bond donors (Lipinski definition) is 2. The van der Waals surface area contributed by atoms with Crippen LogP contribution in [0.4, 0.5) is 8.78 Å². The lowest BCUT2D eigenvalue weighted by Gasteiger charge is -2.13. The highest BCUT2D eigenvalue weighted by molar-refractivity contribution is 4.83. The minimum atomic E-state index is -3.08. The predicted molar refractivity (Wildman–Crippen MR) is 44.7 cm³/mol. The quantitative estimate of drug-likeness (QED) is 0.683. The van der Waals surface area contributed by atoms with Crippen LogP contribution in [0.5, 0.6) is 0 Å². The third-order valence-electron chi connectivity index (χ3n) is 1.70. The molecule has 2 N–H and O–H groups in total. The maximum absolute atomic E-state index is 12.5. The van der Waals surface area contributed by atoms with Crippen molar-refractivity contribution in [1.82, 2.24) is 20.1 Å². The van der Waals surface area contributed by atoms with Crippen LogP contribution in [0.25, 0.3) is 0 Å². The van der Waals surface area contributed by atoms with Gasteiger partial charge in [0.1, 0.15) is 18.8 Å². The van der Waals surface area contributed by atoms with E-state index in [1.54, 1.807) is 11.6 Å². The summed E-state index contributed by atoms with van der Waals surface area (Å²) in [5.41, 5.74) is 0. The van der Waals surface area contributed by atoms with E-state index < -0.39 is 19.1 Å². The summed E-state index contributed by atoms with van der Waals surface area (Å²) in [5, 5.41) is 18.1. The Hall–Kier alpha value is -1.08. The Labute approximate surface area is 79.8 Å². The molecule has 80 valence electrons. The summed E-state index contributed by atoms with van der Waals surface area (Å²) >= 11 is 0. The Kier molecular flexibility index (Phi) is 3.48. The number of aliphatic hydroxyl groups excluding tert-OH is 1. The van der Waals surface area contributed by atoms with Crippen molar-refractivity contribution in [2.24, 2.45) is 7.05 Å². The molecule has 0 saturated heterocycles. The first-order valence-corrected chi connectivity index (χ1v) is 4.07. The van der Waals surface area contributed by atoms with E-state index in [0.717, 1.165) is 0 Å². The predicted octanol–water partition coefficient (Wildman–Crippen LogP) is -0.468. The van der Waals surface area contributed by atoms with Crippen molar-refractivity contribution in [1.29, 1.82) is 0 Å². The number of aromatic nitrogens is 3. The van der Waals surface area contributed by atoms with E-state index in [0.29, 0.717) is 5.82 Å². The first kappa shape index (κ1) is 11.0. The van der Waals surface area contributed by atoms with Crippen LogP contribution in [0, 0.1) is 0 Å². The molecule has 1 aromatic rings. The Morgan fingerprint density at radius 1 is 1.64 bits per heavy atom. The fourth-order valence-electron chi connectivity index (χ4n) is 0.880. The van der Waals surface area contributed by atoms with E-state index in [2.05, 4.69) is 15.5 Å². The highest BCUT2D eigenvalue weighted by Gasteiger charge is 2.26. The van der Waals surface area contributed by atoms with Gasteiger partial charge < -0.3 is 15.0 Å². The number of aliphatic hydroxyl groups is 1. The maximum Gasteiger partial charge on any atom is 0.282 e. The van der Waals surface area contributed by atoms with E-state index >= 15 is 0 Å². The number of aryl methyl sites for hydroxylation is 1. The number of halogens is 2. The van der Waals surface area contributed by atoms with Crippen molar-refractivity contribution in [3.8, 4) is 0 Å². The molecule has 5 nitrogen and oxygen atoms in total. The van der Waals surface area contributed by atoms with Gasteiger partial charge in [0.15, 0.2) is 0 Å². The first-order valence-electron chi connectivity index (χ1n) is 4.07. The number of rotatable bonds is 5. The van der Waals surface area contributed by atoms with Crippen molar-refractivity contribution >= 4 is 0 Å². The molecule has 0 aliphatic rings. The van der Waals surface area contributed by atoms with Gasteiger partial charge >= 0.3 is 0 Å². The lowest BCUT2D eigenvalue weighted by atomic mass is 10.3. The van der Waals surface area contributed by atoms with Crippen molar-refractivity contribution in [3.63, 3.8) is 0 Å². The van der Waals surface area contributed by atoms with Crippen LogP contribution in [0.2, 0.25) is 0 Å². The smallest absolute Gasteiger partial charge is 0.282 e. The average Bonchev–Trinajstić information content (AvgIpc) is 2.52. The monoisotopic (exact) mass is 206 g/mol. The van der Waals surface area contributed by atoms with Crippen molar-refractivity contribution in [2.45, 2.75) is 12.5 Å². The van der Waals surface area contributed by atoms with E-state index in [4.69, 9.17) is 5.11 Å². The van der Waals surface area contributed by atoms with Crippen LogP contribution >= 0.6 is 0 Å². The largest absolute Gasteiger partial charge is 0.390 e. The van der Waals surface area contributed by atoms with Gasteiger partial charge in [-0.1, -0.05) is 0 Å². The second kappa shape index (κ2) is 4.43. The topological polar surface area (TPSA) is 63.0 Å². The molecule has 0 radical (unpaired) electrons. The molecule has 0 aromatic carbocycles. The first-order chi connectivity index (χ1) is 6.55. The summed E-state index contributed by atoms with van der Waals surface area (Å²) in [6.45, 7) is -1.53. The molecule has 0 spiro atoms. The zero-order valence-corrected chi connectivity index (χ0v) is 7.74. The molecule has 14 heavy (non-hydrogen) atoms. The minimum absolute atomic E-state index is 0.200. The lowest BCUT2D eigenvalue weighted by molar-refractivity contribution is -0.0478. The Bertz CT molecular complexity index is 289. The van der Waals surface area contributed by atoms with E-state index in [1.807, 2.05) is 0 Å². The molecule has 0 unspecified atom stereocenters. The lowest BCUT2D eigenvalue weighted by Crippen LogP contribution is -2.35.